The number of benzene rings is 1. The Kier molecular flexibility index (Phi) is 7.68. The first-order valence-corrected chi connectivity index (χ1v) is 10.4. The van der Waals surface area contributed by atoms with Crippen molar-refractivity contribution in [3.63, 3.8) is 0 Å². The first-order chi connectivity index (χ1) is 14.5. The number of ether oxygens (including phenoxy) is 3. The quantitative estimate of drug-likeness (QED) is 0.345. The third-order valence-corrected chi connectivity index (χ3v) is 6.34. The maximum atomic E-state index is 5.67. The lowest BCUT2D eigenvalue weighted by Crippen LogP contribution is -2.48. The number of nitrogens with one attached hydrogen (secondary N) is 2. The highest BCUT2D eigenvalue weighted by Crippen LogP contribution is 2.40. The first-order valence-electron chi connectivity index (χ1n) is 10.4. The number of hydrogen-bond donors (Lipinski definition) is 2. The highest BCUT2D eigenvalue weighted by Gasteiger charge is 2.36. The SMILES string of the molecule is CN=C(NCc1c(C)nn(C)c1C)NCC1(c2ccc3c(c2)OCO3)CCOCC1.I. The zero-order valence-corrected chi connectivity index (χ0v) is 21.0. The Labute approximate surface area is 200 Å². The van der Waals surface area contributed by atoms with E-state index < -0.39 is 0 Å². The fraction of sp³-hybridized carbons (Fsp3) is 0.545. The summed E-state index contributed by atoms with van der Waals surface area (Å²) in [4.78, 5) is 4.43. The van der Waals surface area contributed by atoms with Gasteiger partial charge in [0.05, 0.1) is 5.69 Å². The molecule has 0 bridgehead atoms. The van der Waals surface area contributed by atoms with Gasteiger partial charge in [-0.15, -0.1) is 24.0 Å². The molecule has 0 radical (unpaired) electrons. The third-order valence-electron chi connectivity index (χ3n) is 6.34. The molecule has 2 aliphatic rings. The van der Waals surface area contributed by atoms with Crippen LogP contribution in [0.1, 0.15) is 35.4 Å². The molecule has 0 atom stereocenters. The van der Waals surface area contributed by atoms with Gasteiger partial charge in [-0.25, -0.2) is 0 Å². The van der Waals surface area contributed by atoms with E-state index in [1.54, 1.807) is 7.05 Å². The molecular weight excluding hydrogens is 509 g/mol. The summed E-state index contributed by atoms with van der Waals surface area (Å²) in [7, 11) is 3.77. The van der Waals surface area contributed by atoms with Crippen LogP contribution in [0.4, 0.5) is 0 Å². The second-order valence-electron chi connectivity index (χ2n) is 8.01. The van der Waals surface area contributed by atoms with Crippen LogP contribution in [0.5, 0.6) is 11.5 Å². The average molecular weight is 541 g/mol. The molecule has 9 heteroatoms. The van der Waals surface area contributed by atoms with Gasteiger partial charge in [0.15, 0.2) is 17.5 Å². The van der Waals surface area contributed by atoms with Crippen LogP contribution >= 0.6 is 24.0 Å². The second kappa shape index (κ2) is 10.1. The third kappa shape index (κ3) is 4.92. The number of fused-ring (bicyclic) bond motifs is 1. The molecule has 2 aromatic rings. The molecule has 0 aliphatic carbocycles. The monoisotopic (exact) mass is 541 g/mol. The Morgan fingerprint density at radius 3 is 2.58 bits per heavy atom. The van der Waals surface area contributed by atoms with Crippen LogP contribution in [0, 0.1) is 13.8 Å². The molecule has 0 unspecified atom stereocenters. The van der Waals surface area contributed by atoms with Crippen LogP contribution in [-0.4, -0.2) is 49.3 Å². The van der Waals surface area contributed by atoms with E-state index >= 15 is 0 Å². The van der Waals surface area contributed by atoms with Crippen LogP contribution < -0.4 is 20.1 Å². The smallest absolute Gasteiger partial charge is 0.231 e. The first kappa shape index (κ1) is 23.6. The van der Waals surface area contributed by atoms with Gasteiger partial charge >= 0.3 is 0 Å². The highest BCUT2D eigenvalue weighted by molar-refractivity contribution is 14.0. The lowest BCUT2D eigenvalue weighted by Gasteiger charge is -2.38. The summed E-state index contributed by atoms with van der Waals surface area (Å²) >= 11 is 0. The van der Waals surface area contributed by atoms with E-state index in [2.05, 4.69) is 39.8 Å². The molecule has 0 spiro atoms. The van der Waals surface area contributed by atoms with Crippen molar-refractivity contribution in [3.05, 3.63) is 40.7 Å². The van der Waals surface area contributed by atoms with Gasteiger partial charge in [-0.1, -0.05) is 6.07 Å². The minimum absolute atomic E-state index is 0. The van der Waals surface area contributed by atoms with E-state index in [0.29, 0.717) is 6.54 Å². The van der Waals surface area contributed by atoms with E-state index in [0.717, 1.165) is 61.4 Å². The lowest BCUT2D eigenvalue weighted by atomic mass is 9.74. The van der Waals surface area contributed by atoms with Crippen molar-refractivity contribution < 1.29 is 14.2 Å². The molecule has 170 valence electrons. The van der Waals surface area contributed by atoms with Crippen molar-refractivity contribution in [1.29, 1.82) is 0 Å². The molecule has 0 amide bonds. The van der Waals surface area contributed by atoms with Gasteiger partial charge in [0.25, 0.3) is 0 Å². The average Bonchev–Trinajstić information content (AvgIpc) is 3.33. The number of rotatable bonds is 5. The predicted octanol–water partition coefficient (Wildman–Crippen LogP) is 2.80. The van der Waals surface area contributed by atoms with Crippen LogP contribution in [0.3, 0.4) is 0 Å². The van der Waals surface area contributed by atoms with Crippen molar-refractivity contribution in [2.45, 2.75) is 38.6 Å². The van der Waals surface area contributed by atoms with E-state index in [4.69, 9.17) is 14.2 Å². The van der Waals surface area contributed by atoms with Gasteiger partial charge in [-0.05, 0) is 44.4 Å². The lowest BCUT2D eigenvalue weighted by molar-refractivity contribution is 0.0513. The maximum absolute atomic E-state index is 5.67. The topological polar surface area (TPSA) is 81.9 Å². The molecule has 2 aliphatic heterocycles. The Morgan fingerprint density at radius 2 is 1.90 bits per heavy atom. The number of hydrogen-bond acceptors (Lipinski definition) is 5. The van der Waals surface area contributed by atoms with Gasteiger partial charge < -0.3 is 24.8 Å². The standard InChI is InChI=1S/C22H31N5O3.HI/c1-15-18(16(2)27(4)26-15)12-24-21(23-3)25-13-22(7-9-28-10-8-22)17-5-6-19-20(11-17)30-14-29-19;/h5-6,11H,7-10,12-14H2,1-4H3,(H2,23,24,25);1H. The van der Waals surface area contributed by atoms with Gasteiger partial charge in [0.1, 0.15) is 0 Å². The number of aromatic nitrogens is 2. The van der Waals surface area contributed by atoms with Crippen molar-refractivity contribution in [1.82, 2.24) is 20.4 Å². The number of guanidine groups is 1. The summed E-state index contributed by atoms with van der Waals surface area (Å²) in [5, 5.41) is 11.5. The van der Waals surface area contributed by atoms with Gasteiger partial charge in [-0.3, -0.25) is 9.67 Å². The molecule has 2 N–H and O–H groups in total. The predicted molar refractivity (Wildman–Crippen MR) is 131 cm³/mol. The number of halogens is 1. The largest absolute Gasteiger partial charge is 0.454 e. The molecule has 1 saturated heterocycles. The van der Waals surface area contributed by atoms with Crippen molar-refractivity contribution >= 4 is 29.9 Å². The summed E-state index contributed by atoms with van der Waals surface area (Å²) in [5.74, 6) is 2.42. The van der Waals surface area contributed by atoms with E-state index in [1.165, 1.54) is 11.1 Å². The Bertz CT molecular complexity index is 937. The summed E-state index contributed by atoms with van der Waals surface area (Å²) in [6.07, 6.45) is 1.88. The van der Waals surface area contributed by atoms with E-state index in [-0.39, 0.29) is 36.2 Å². The number of aliphatic imine (C=N–C) groups is 1. The maximum Gasteiger partial charge on any atom is 0.231 e. The molecule has 31 heavy (non-hydrogen) atoms. The molecule has 4 rings (SSSR count). The minimum Gasteiger partial charge on any atom is -0.454 e. The van der Waals surface area contributed by atoms with E-state index in [1.807, 2.05) is 24.7 Å². The van der Waals surface area contributed by atoms with Crippen LogP contribution in [0.25, 0.3) is 0 Å². The molecule has 8 nitrogen and oxygen atoms in total. The van der Waals surface area contributed by atoms with Gasteiger partial charge in [0, 0.05) is 57.1 Å². The summed E-state index contributed by atoms with van der Waals surface area (Å²) < 4.78 is 18.7. The van der Waals surface area contributed by atoms with E-state index in [9.17, 15) is 0 Å². The summed E-state index contributed by atoms with van der Waals surface area (Å²) in [5.41, 5.74) is 4.61. The Morgan fingerprint density at radius 1 is 1.16 bits per heavy atom. The minimum atomic E-state index is -0.0447. The van der Waals surface area contributed by atoms with Gasteiger partial charge in [0.2, 0.25) is 6.79 Å². The van der Waals surface area contributed by atoms with Crippen LogP contribution in [-0.2, 0) is 23.7 Å². The number of aryl methyl sites for hydroxylation is 2. The number of nitrogens with zero attached hydrogens (tertiary/aromatic N) is 3. The van der Waals surface area contributed by atoms with Crippen LogP contribution in [0.15, 0.2) is 23.2 Å². The normalized spacial score (nSPS) is 17.2. The Balaban J connectivity index is 0.00000272. The zero-order valence-electron chi connectivity index (χ0n) is 18.7. The second-order valence-corrected chi connectivity index (χ2v) is 8.01. The highest BCUT2D eigenvalue weighted by atomic mass is 127. The van der Waals surface area contributed by atoms with Crippen LogP contribution in [0.2, 0.25) is 0 Å². The molecule has 1 aromatic carbocycles. The Hall–Kier alpha value is -2.01. The van der Waals surface area contributed by atoms with Gasteiger partial charge in [-0.2, -0.15) is 5.10 Å². The zero-order chi connectivity index (χ0) is 21.1. The van der Waals surface area contributed by atoms with Crippen molar-refractivity contribution in [3.8, 4) is 11.5 Å². The fourth-order valence-electron chi connectivity index (χ4n) is 4.28. The van der Waals surface area contributed by atoms with Crippen molar-refractivity contribution in [2.24, 2.45) is 12.0 Å². The van der Waals surface area contributed by atoms with Crippen molar-refractivity contribution in [2.75, 3.05) is 33.6 Å². The summed E-state index contributed by atoms with van der Waals surface area (Å²) in [6.45, 7) is 7.36. The summed E-state index contributed by atoms with van der Waals surface area (Å²) in [6, 6.07) is 6.28. The molecule has 0 saturated carbocycles. The molecular formula is C22H32IN5O3. The molecule has 1 aromatic heterocycles. The fourth-order valence-corrected chi connectivity index (χ4v) is 4.28. The molecule has 1 fully saturated rings. The molecule has 3 heterocycles.